The lowest BCUT2D eigenvalue weighted by molar-refractivity contribution is 0.0699. The summed E-state index contributed by atoms with van der Waals surface area (Å²) >= 11 is 1.31. The average molecular weight is 312 g/mol. The predicted octanol–water partition coefficient (Wildman–Crippen LogP) is 4.54. The van der Waals surface area contributed by atoms with Crippen LogP contribution in [-0.4, -0.2) is 28.6 Å². The van der Waals surface area contributed by atoms with E-state index in [9.17, 15) is 9.90 Å². The standard InChI is InChI=1S/C16H28N2O2S/c1-7-9-10-18(11(3)8-2)15-17-13(16(4,5)6)12(21-15)14(19)20/h11H,7-10H2,1-6H3,(H,19,20). The van der Waals surface area contributed by atoms with Crippen LogP contribution in [0, 0.1) is 0 Å². The Kier molecular flexibility index (Phi) is 6.20. The number of carbonyl (C=O) groups is 1. The van der Waals surface area contributed by atoms with Gasteiger partial charge in [-0.3, -0.25) is 0 Å². The first kappa shape index (κ1) is 18.0. The third kappa shape index (κ3) is 4.43. The van der Waals surface area contributed by atoms with Crippen molar-refractivity contribution in [3.63, 3.8) is 0 Å². The van der Waals surface area contributed by atoms with E-state index in [0.29, 0.717) is 16.6 Å². The van der Waals surface area contributed by atoms with Crippen LogP contribution in [0.25, 0.3) is 0 Å². The molecular formula is C16H28N2O2S. The summed E-state index contributed by atoms with van der Waals surface area (Å²) in [6, 6.07) is 0.372. The molecule has 0 bridgehead atoms. The van der Waals surface area contributed by atoms with Gasteiger partial charge in [-0.2, -0.15) is 0 Å². The van der Waals surface area contributed by atoms with Crippen molar-refractivity contribution in [2.24, 2.45) is 0 Å². The molecule has 0 aliphatic heterocycles. The van der Waals surface area contributed by atoms with Crippen molar-refractivity contribution in [2.45, 2.75) is 72.3 Å². The van der Waals surface area contributed by atoms with Crippen molar-refractivity contribution in [3.05, 3.63) is 10.6 Å². The second-order valence-corrected chi connectivity index (χ2v) is 7.51. The Labute approximate surface area is 132 Å². The third-order valence-electron chi connectivity index (χ3n) is 3.64. The number of hydrogen-bond donors (Lipinski definition) is 1. The first-order valence-corrected chi connectivity index (χ1v) is 8.55. The molecule has 5 heteroatoms. The number of anilines is 1. The van der Waals surface area contributed by atoms with Crippen LogP contribution in [0.15, 0.2) is 0 Å². The lowest BCUT2D eigenvalue weighted by Crippen LogP contribution is -2.33. The predicted molar refractivity (Wildman–Crippen MR) is 89.8 cm³/mol. The fourth-order valence-corrected chi connectivity index (χ4v) is 3.38. The number of carboxylic acids is 1. The van der Waals surface area contributed by atoms with Gasteiger partial charge in [0.15, 0.2) is 5.13 Å². The Hall–Kier alpha value is -1.10. The molecule has 21 heavy (non-hydrogen) atoms. The van der Waals surface area contributed by atoms with Crippen LogP contribution in [0.1, 0.15) is 76.2 Å². The van der Waals surface area contributed by atoms with Gasteiger partial charge in [0.05, 0.1) is 5.69 Å². The van der Waals surface area contributed by atoms with Gasteiger partial charge in [-0.25, -0.2) is 9.78 Å². The van der Waals surface area contributed by atoms with Crippen molar-refractivity contribution in [2.75, 3.05) is 11.4 Å². The number of carboxylic acid groups (broad SMARTS) is 1. The molecule has 1 unspecified atom stereocenters. The minimum atomic E-state index is -0.872. The van der Waals surface area contributed by atoms with Gasteiger partial charge in [-0.1, -0.05) is 52.4 Å². The summed E-state index contributed by atoms with van der Waals surface area (Å²) in [4.78, 5) is 18.8. The Bertz CT molecular complexity index is 477. The zero-order valence-electron chi connectivity index (χ0n) is 14.1. The highest BCUT2D eigenvalue weighted by Gasteiger charge is 2.29. The highest BCUT2D eigenvalue weighted by atomic mass is 32.1. The van der Waals surface area contributed by atoms with E-state index in [1.807, 2.05) is 20.8 Å². The van der Waals surface area contributed by atoms with Gasteiger partial charge in [0, 0.05) is 18.0 Å². The summed E-state index contributed by atoms with van der Waals surface area (Å²) in [5.41, 5.74) is 0.439. The minimum absolute atomic E-state index is 0.256. The largest absolute Gasteiger partial charge is 0.477 e. The van der Waals surface area contributed by atoms with Gasteiger partial charge >= 0.3 is 5.97 Å². The molecule has 0 amide bonds. The second-order valence-electron chi connectivity index (χ2n) is 6.53. The van der Waals surface area contributed by atoms with Gasteiger partial charge < -0.3 is 10.0 Å². The maximum atomic E-state index is 11.5. The zero-order valence-corrected chi connectivity index (χ0v) is 14.9. The first-order chi connectivity index (χ1) is 9.72. The average Bonchev–Trinajstić information content (AvgIpc) is 2.84. The maximum Gasteiger partial charge on any atom is 0.347 e. The van der Waals surface area contributed by atoms with Gasteiger partial charge in [0.2, 0.25) is 0 Å². The SMILES string of the molecule is CCCCN(c1nc(C(C)(C)C)c(C(=O)O)s1)C(C)CC. The smallest absolute Gasteiger partial charge is 0.347 e. The van der Waals surface area contributed by atoms with Crippen molar-refractivity contribution < 1.29 is 9.90 Å². The van der Waals surface area contributed by atoms with E-state index in [2.05, 4.69) is 30.7 Å². The number of thiazole rings is 1. The summed E-state index contributed by atoms with van der Waals surface area (Å²) < 4.78 is 0. The van der Waals surface area contributed by atoms with Crippen LogP contribution in [-0.2, 0) is 5.41 Å². The third-order valence-corrected chi connectivity index (χ3v) is 4.72. The summed E-state index contributed by atoms with van der Waals surface area (Å²) in [5.74, 6) is -0.872. The van der Waals surface area contributed by atoms with Crippen molar-refractivity contribution in [1.29, 1.82) is 0 Å². The van der Waals surface area contributed by atoms with Gasteiger partial charge in [0.1, 0.15) is 4.88 Å². The van der Waals surface area contributed by atoms with E-state index in [1.54, 1.807) is 0 Å². The van der Waals surface area contributed by atoms with Crippen LogP contribution in [0.2, 0.25) is 0 Å². The van der Waals surface area contributed by atoms with Crippen molar-refractivity contribution >= 4 is 22.4 Å². The molecule has 0 aromatic carbocycles. The van der Waals surface area contributed by atoms with Gasteiger partial charge in [0.25, 0.3) is 0 Å². The molecule has 0 saturated heterocycles. The molecule has 0 saturated carbocycles. The minimum Gasteiger partial charge on any atom is -0.477 e. The molecule has 1 heterocycles. The molecule has 1 aromatic heterocycles. The van der Waals surface area contributed by atoms with E-state index < -0.39 is 5.97 Å². The normalized spacial score (nSPS) is 13.2. The number of aromatic nitrogens is 1. The monoisotopic (exact) mass is 312 g/mol. The topological polar surface area (TPSA) is 53.4 Å². The number of hydrogen-bond acceptors (Lipinski definition) is 4. The molecule has 1 N–H and O–H groups in total. The molecule has 1 aromatic rings. The number of nitrogens with zero attached hydrogens (tertiary/aromatic N) is 2. The molecular weight excluding hydrogens is 284 g/mol. The first-order valence-electron chi connectivity index (χ1n) is 7.73. The van der Waals surface area contributed by atoms with E-state index in [-0.39, 0.29) is 5.41 Å². The quantitative estimate of drug-likeness (QED) is 0.803. The summed E-state index contributed by atoms with van der Waals surface area (Å²) in [5, 5.41) is 10.3. The fraction of sp³-hybridized carbons (Fsp3) is 0.750. The van der Waals surface area contributed by atoms with Crippen LogP contribution in [0.3, 0.4) is 0 Å². The molecule has 0 spiro atoms. The highest BCUT2D eigenvalue weighted by molar-refractivity contribution is 7.17. The van der Waals surface area contributed by atoms with E-state index in [0.717, 1.165) is 30.9 Å². The number of rotatable bonds is 7. The van der Waals surface area contributed by atoms with Crippen molar-refractivity contribution in [3.8, 4) is 0 Å². The summed E-state index contributed by atoms with van der Waals surface area (Å²) in [7, 11) is 0. The van der Waals surface area contributed by atoms with Crippen LogP contribution in [0.5, 0.6) is 0 Å². The van der Waals surface area contributed by atoms with Crippen LogP contribution in [0.4, 0.5) is 5.13 Å². The van der Waals surface area contributed by atoms with E-state index in [1.165, 1.54) is 11.3 Å². The molecule has 120 valence electrons. The molecule has 4 nitrogen and oxygen atoms in total. The lowest BCUT2D eigenvalue weighted by atomic mass is 9.91. The maximum absolute atomic E-state index is 11.5. The molecule has 0 aliphatic carbocycles. The summed E-state index contributed by atoms with van der Waals surface area (Å²) in [6.07, 6.45) is 3.24. The Balaban J connectivity index is 3.23. The van der Waals surface area contributed by atoms with E-state index in [4.69, 9.17) is 0 Å². The van der Waals surface area contributed by atoms with E-state index >= 15 is 0 Å². The lowest BCUT2D eigenvalue weighted by Gasteiger charge is -2.28. The Morgan fingerprint density at radius 1 is 1.38 bits per heavy atom. The second kappa shape index (κ2) is 7.25. The van der Waals surface area contributed by atoms with Crippen LogP contribution >= 0.6 is 11.3 Å². The highest BCUT2D eigenvalue weighted by Crippen LogP contribution is 2.35. The molecule has 0 radical (unpaired) electrons. The molecule has 1 rings (SSSR count). The number of aromatic carboxylic acids is 1. The molecule has 0 aliphatic rings. The molecule has 1 atom stereocenters. The molecule has 0 fully saturated rings. The van der Waals surface area contributed by atoms with Crippen molar-refractivity contribution in [1.82, 2.24) is 4.98 Å². The fourth-order valence-electron chi connectivity index (χ4n) is 2.14. The van der Waals surface area contributed by atoms with Gasteiger partial charge in [-0.15, -0.1) is 0 Å². The number of unbranched alkanes of at least 4 members (excludes halogenated alkanes) is 1. The Morgan fingerprint density at radius 2 is 2.00 bits per heavy atom. The van der Waals surface area contributed by atoms with Gasteiger partial charge in [-0.05, 0) is 19.8 Å². The summed E-state index contributed by atoms with van der Waals surface area (Å²) in [6.45, 7) is 13.5. The van der Waals surface area contributed by atoms with Crippen LogP contribution < -0.4 is 4.90 Å². The Morgan fingerprint density at radius 3 is 2.38 bits per heavy atom. The zero-order chi connectivity index (χ0) is 16.2.